The highest BCUT2D eigenvalue weighted by atomic mass is 32.2. The topological polar surface area (TPSA) is 76.7 Å². The molecule has 0 saturated heterocycles. The van der Waals surface area contributed by atoms with E-state index in [-0.39, 0.29) is 0 Å². The van der Waals surface area contributed by atoms with E-state index in [9.17, 15) is 8.42 Å². The Balaban J connectivity index is 2.15. The lowest BCUT2D eigenvalue weighted by molar-refractivity contribution is 0.171. The number of rotatable bonds is 5. The first-order valence-corrected chi connectivity index (χ1v) is 7.63. The molecule has 19 heavy (non-hydrogen) atoms. The van der Waals surface area contributed by atoms with Crippen LogP contribution in [0.15, 0.2) is 18.2 Å². The molecule has 1 aromatic carbocycles. The molecule has 0 bridgehead atoms. The van der Waals surface area contributed by atoms with Crippen LogP contribution in [-0.4, -0.2) is 40.5 Å². The molecule has 0 aliphatic carbocycles. The minimum absolute atomic E-state index is 0.389. The second-order valence-electron chi connectivity index (χ2n) is 4.37. The summed E-state index contributed by atoms with van der Waals surface area (Å²) in [6.45, 7) is 3.02. The quantitative estimate of drug-likeness (QED) is 0.837. The third-order valence-corrected chi connectivity index (χ3v) is 4.57. The molecule has 2 N–H and O–H groups in total. The highest BCUT2D eigenvalue weighted by Gasteiger charge is 2.21. The Hall–Kier alpha value is -1.47. The molecular formula is C12H18N2O4S. The van der Waals surface area contributed by atoms with Crippen LogP contribution in [0.1, 0.15) is 6.92 Å². The predicted octanol–water partition coefficient (Wildman–Crippen LogP) is 0.807. The molecule has 2 rings (SSSR count). The molecule has 6 nitrogen and oxygen atoms in total. The van der Waals surface area contributed by atoms with Crippen molar-refractivity contribution >= 4 is 15.7 Å². The maximum atomic E-state index is 12.0. The zero-order valence-corrected chi connectivity index (χ0v) is 11.8. The van der Waals surface area contributed by atoms with Crippen molar-refractivity contribution in [3.8, 4) is 11.5 Å². The lowest BCUT2D eigenvalue weighted by atomic mass is 10.3. The van der Waals surface area contributed by atoms with Gasteiger partial charge in [0.1, 0.15) is 13.2 Å². The summed E-state index contributed by atoms with van der Waals surface area (Å²) in [5.74, 6) is 1.20. The van der Waals surface area contributed by atoms with Crippen molar-refractivity contribution < 1.29 is 17.9 Å². The van der Waals surface area contributed by atoms with Crippen molar-refractivity contribution in [3.63, 3.8) is 0 Å². The standard InChI is InChI=1S/C12H18N2O4S/c1-9(8-13-2)19(15,16)14-10-3-4-11-12(7-10)18-6-5-17-11/h3-4,7,9,13-14H,5-6,8H2,1-2H3. The van der Waals surface area contributed by atoms with E-state index >= 15 is 0 Å². The molecule has 0 aromatic heterocycles. The van der Waals surface area contributed by atoms with Crippen LogP contribution in [-0.2, 0) is 10.0 Å². The van der Waals surface area contributed by atoms with Crippen LogP contribution in [0.3, 0.4) is 0 Å². The summed E-state index contributed by atoms with van der Waals surface area (Å²) in [4.78, 5) is 0. The van der Waals surface area contributed by atoms with E-state index in [0.29, 0.717) is 36.9 Å². The molecule has 1 aliphatic rings. The Morgan fingerprint density at radius 2 is 1.95 bits per heavy atom. The lowest BCUT2D eigenvalue weighted by Gasteiger charge is -2.20. The first-order valence-electron chi connectivity index (χ1n) is 6.09. The van der Waals surface area contributed by atoms with Crippen LogP contribution < -0.4 is 19.5 Å². The molecule has 106 valence electrons. The number of fused-ring (bicyclic) bond motifs is 1. The third kappa shape index (κ3) is 3.30. The van der Waals surface area contributed by atoms with Crippen LogP contribution in [0, 0.1) is 0 Å². The maximum absolute atomic E-state index is 12.0. The molecule has 0 radical (unpaired) electrons. The molecule has 0 amide bonds. The van der Waals surface area contributed by atoms with Crippen molar-refractivity contribution in [2.75, 3.05) is 31.5 Å². The Morgan fingerprint density at radius 1 is 1.26 bits per heavy atom. The second kappa shape index (κ2) is 5.66. The summed E-state index contributed by atoms with van der Waals surface area (Å²) in [5.41, 5.74) is 0.479. The van der Waals surface area contributed by atoms with E-state index in [1.165, 1.54) is 0 Å². The zero-order chi connectivity index (χ0) is 13.9. The van der Waals surface area contributed by atoms with Crippen molar-refractivity contribution in [3.05, 3.63) is 18.2 Å². The van der Waals surface area contributed by atoms with E-state index in [2.05, 4.69) is 10.0 Å². The van der Waals surface area contributed by atoms with Gasteiger partial charge < -0.3 is 14.8 Å². The first kappa shape index (κ1) is 14.0. The summed E-state index contributed by atoms with van der Waals surface area (Å²) in [7, 11) is -1.69. The van der Waals surface area contributed by atoms with Gasteiger partial charge in [-0.15, -0.1) is 0 Å². The molecule has 1 heterocycles. The van der Waals surface area contributed by atoms with E-state index in [1.54, 1.807) is 32.2 Å². The second-order valence-corrected chi connectivity index (χ2v) is 6.47. The number of benzene rings is 1. The average molecular weight is 286 g/mol. The number of hydrogen-bond donors (Lipinski definition) is 2. The van der Waals surface area contributed by atoms with Gasteiger partial charge in [-0.1, -0.05) is 0 Å². The Labute approximate surface area is 113 Å². The van der Waals surface area contributed by atoms with Gasteiger partial charge in [0.05, 0.1) is 10.9 Å². The molecule has 1 aliphatic heterocycles. The molecule has 0 fully saturated rings. The van der Waals surface area contributed by atoms with Crippen LogP contribution >= 0.6 is 0 Å². The fraction of sp³-hybridized carbons (Fsp3) is 0.500. The van der Waals surface area contributed by atoms with Crippen LogP contribution in [0.5, 0.6) is 11.5 Å². The van der Waals surface area contributed by atoms with Gasteiger partial charge in [-0.25, -0.2) is 8.42 Å². The number of anilines is 1. The normalized spacial score (nSPS) is 15.9. The minimum atomic E-state index is -3.41. The Bertz CT molecular complexity index is 545. The smallest absolute Gasteiger partial charge is 0.236 e. The molecule has 0 spiro atoms. The van der Waals surface area contributed by atoms with Gasteiger partial charge in [-0.2, -0.15) is 0 Å². The highest BCUT2D eigenvalue weighted by molar-refractivity contribution is 7.93. The first-order chi connectivity index (χ1) is 9.03. The van der Waals surface area contributed by atoms with Crippen molar-refractivity contribution in [2.24, 2.45) is 0 Å². The molecular weight excluding hydrogens is 268 g/mol. The highest BCUT2D eigenvalue weighted by Crippen LogP contribution is 2.33. The summed E-state index contributed by atoms with van der Waals surface area (Å²) in [6, 6.07) is 5.00. The largest absolute Gasteiger partial charge is 0.486 e. The van der Waals surface area contributed by atoms with E-state index in [0.717, 1.165) is 0 Å². The summed E-state index contributed by atoms with van der Waals surface area (Å²) in [6.07, 6.45) is 0. The van der Waals surface area contributed by atoms with Gasteiger partial charge in [0, 0.05) is 12.6 Å². The SMILES string of the molecule is CNCC(C)S(=O)(=O)Nc1ccc2c(c1)OCCO2. The summed E-state index contributed by atoms with van der Waals surface area (Å²) >= 11 is 0. The molecule has 0 saturated carbocycles. The lowest BCUT2D eigenvalue weighted by Crippen LogP contribution is -2.33. The number of ether oxygens (including phenoxy) is 2. The van der Waals surface area contributed by atoms with Crippen LogP contribution in [0.4, 0.5) is 5.69 Å². The van der Waals surface area contributed by atoms with Gasteiger partial charge in [0.15, 0.2) is 11.5 Å². The molecule has 1 aromatic rings. The van der Waals surface area contributed by atoms with Crippen molar-refractivity contribution in [1.29, 1.82) is 0 Å². The predicted molar refractivity (Wildman–Crippen MR) is 73.4 cm³/mol. The van der Waals surface area contributed by atoms with E-state index < -0.39 is 15.3 Å². The van der Waals surface area contributed by atoms with Crippen molar-refractivity contribution in [2.45, 2.75) is 12.2 Å². The minimum Gasteiger partial charge on any atom is -0.486 e. The van der Waals surface area contributed by atoms with Crippen LogP contribution in [0.2, 0.25) is 0 Å². The maximum Gasteiger partial charge on any atom is 0.236 e. The van der Waals surface area contributed by atoms with Gasteiger partial charge >= 0.3 is 0 Å². The number of nitrogens with one attached hydrogen (secondary N) is 2. The number of hydrogen-bond acceptors (Lipinski definition) is 5. The summed E-state index contributed by atoms with van der Waals surface area (Å²) in [5, 5.41) is 2.32. The van der Waals surface area contributed by atoms with Gasteiger partial charge in [0.2, 0.25) is 10.0 Å². The Kier molecular flexibility index (Phi) is 4.16. The molecule has 1 unspecified atom stereocenters. The van der Waals surface area contributed by atoms with Gasteiger partial charge in [-0.3, -0.25) is 4.72 Å². The Morgan fingerprint density at radius 3 is 2.63 bits per heavy atom. The molecule has 7 heteroatoms. The summed E-state index contributed by atoms with van der Waals surface area (Å²) < 4.78 is 37.4. The van der Waals surface area contributed by atoms with Crippen LogP contribution in [0.25, 0.3) is 0 Å². The zero-order valence-electron chi connectivity index (χ0n) is 11.0. The van der Waals surface area contributed by atoms with Crippen molar-refractivity contribution in [1.82, 2.24) is 5.32 Å². The number of sulfonamides is 1. The van der Waals surface area contributed by atoms with E-state index in [4.69, 9.17) is 9.47 Å². The fourth-order valence-electron chi connectivity index (χ4n) is 1.77. The molecule has 1 atom stereocenters. The van der Waals surface area contributed by atoms with Gasteiger partial charge in [-0.05, 0) is 26.1 Å². The average Bonchev–Trinajstić information content (AvgIpc) is 2.38. The van der Waals surface area contributed by atoms with Gasteiger partial charge in [0.25, 0.3) is 0 Å². The monoisotopic (exact) mass is 286 g/mol. The fourth-order valence-corrected chi connectivity index (χ4v) is 2.81. The van der Waals surface area contributed by atoms with E-state index in [1.807, 2.05) is 0 Å². The third-order valence-electron chi connectivity index (χ3n) is 2.82.